The molecule has 0 saturated carbocycles. The van der Waals surface area contributed by atoms with Crippen molar-refractivity contribution >= 4 is 11.9 Å². The zero-order valence-electron chi connectivity index (χ0n) is 8.14. The fourth-order valence-electron chi connectivity index (χ4n) is 0.934. The summed E-state index contributed by atoms with van der Waals surface area (Å²) in [6.45, 7) is -0.565. The first-order valence-corrected chi connectivity index (χ1v) is 4.16. The van der Waals surface area contributed by atoms with E-state index in [0.29, 0.717) is 0 Å². The Balaban J connectivity index is 4.49. The van der Waals surface area contributed by atoms with E-state index in [2.05, 4.69) is 11.8 Å². The monoisotopic (exact) mass is 208 g/mol. The van der Waals surface area contributed by atoms with Crippen LogP contribution in [0.25, 0.3) is 0 Å². The number of carboxylic acid groups (broad SMARTS) is 1. The maximum atomic E-state index is 11.5. The summed E-state index contributed by atoms with van der Waals surface area (Å²) in [5.41, 5.74) is 5.44. The molecular weight excluding hydrogens is 196 g/mol. The predicted octanol–water partition coefficient (Wildman–Crippen LogP) is -1.12. The highest BCUT2D eigenvalue weighted by molar-refractivity contribution is 5.85. The molecule has 0 spiro atoms. The molecule has 0 aromatic rings. The molecule has 0 rings (SSSR count). The van der Waals surface area contributed by atoms with E-state index in [1.807, 2.05) is 0 Å². The Labute approximate surface area is 88.2 Å². The van der Waals surface area contributed by atoms with Gasteiger partial charge < -0.3 is 15.7 Å². The van der Waals surface area contributed by atoms with Gasteiger partial charge in [-0.3, -0.25) is 9.59 Å². The van der Waals surface area contributed by atoms with E-state index >= 15 is 0 Å². The summed E-state index contributed by atoms with van der Waals surface area (Å²) in [6, 6.07) is -0.900. The first-order valence-electron chi connectivity index (χ1n) is 4.16. The van der Waals surface area contributed by atoms with Crippen LogP contribution in [0.1, 0.15) is 6.42 Å². The van der Waals surface area contributed by atoms with Crippen LogP contribution < -0.4 is 5.73 Å². The normalized spacial score (nSPS) is 10.9. The summed E-state index contributed by atoms with van der Waals surface area (Å²) in [4.78, 5) is 22.9. The minimum Gasteiger partial charge on any atom is -0.480 e. The molecule has 3 N–H and O–H groups in total. The molecule has 5 heteroatoms. The SMILES string of the molecule is C#CCC(N)C(=O)N(CC#C)CC(=O)O. The van der Waals surface area contributed by atoms with Crippen LogP contribution in [-0.4, -0.2) is 41.0 Å². The average Bonchev–Trinajstić information content (AvgIpc) is 2.16. The van der Waals surface area contributed by atoms with Crippen LogP contribution in [0.4, 0.5) is 0 Å². The van der Waals surface area contributed by atoms with Crippen LogP contribution in [0.15, 0.2) is 0 Å². The Bertz CT molecular complexity index is 325. The van der Waals surface area contributed by atoms with Gasteiger partial charge in [0.25, 0.3) is 0 Å². The molecule has 1 atom stereocenters. The first kappa shape index (κ1) is 13.0. The second kappa shape index (κ2) is 6.47. The van der Waals surface area contributed by atoms with Crippen LogP contribution in [0.3, 0.4) is 0 Å². The lowest BCUT2D eigenvalue weighted by Crippen LogP contribution is -2.45. The molecule has 0 radical (unpaired) electrons. The third-order valence-corrected chi connectivity index (χ3v) is 1.57. The lowest BCUT2D eigenvalue weighted by Gasteiger charge is -2.20. The number of hydrogen-bond donors (Lipinski definition) is 2. The third kappa shape index (κ3) is 4.70. The number of nitrogens with zero attached hydrogens (tertiary/aromatic N) is 1. The molecule has 0 aliphatic heterocycles. The van der Waals surface area contributed by atoms with Gasteiger partial charge >= 0.3 is 5.97 Å². The molecule has 1 amide bonds. The number of terminal acetylenes is 2. The van der Waals surface area contributed by atoms with Crippen molar-refractivity contribution in [3.05, 3.63) is 0 Å². The minimum atomic E-state index is -1.15. The molecule has 0 fully saturated rings. The van der Waals surface area contributed by atoms with Gasteiger partial charge in [0.1, 0.15) is 6.54 Å². The van der Waals surface area contributed by atoms with Crippen molar-refractivity contribution in [3.63, 3.8) is 0 Å². The molecule has 5 nitrogen and oxygen atoms in total. The topological polar surface area (TPSA) is 83.6 Å². The van der Waals surface area contributed by atoms with E-state index in [9.17, 15) is 9.59 Å². The fraction of sp³-hybridized carbons (Fsp3) is 0.400. The summed E-state index contributed by atoms with van der Waals surface area (Å²) < 4.78 is 0. The number of amides is 1. The van der Waals surface area contributed by atoms with E-state index in [0.717, 1.165) is 4.90 Å². The van der Waals surface area contributed by atoms with Gasteiger partial charge in [0.2, 0.25) is 5.91 Å². The predicted molar refractivity (Wildman–Crippen MR) is 54.5 cm³/mol. The highest BCUT2D eigenvalue weighted by Crippen LogP contribution is 1.96. The summed E-state index contributed by atoms with van der Waals surface area (Å²) in [7, 11) is 0. The van der Waals surface area contributed by atoms with Crippen LogP contribution in [-0.2, 0) is 9.59 Å². The molecule has 0 bridgehead atoms. The van der Waals surface area contributed by atoms with Crippen molar-refractivity contribution in [2.45, 2.75) is 12.5 Å². The Hall–Kier alpha value is -1.98. The third-order valence-electron chi connectivity index (χ3n) is 1.57. The van der Waals surface area contributed by atoms with Gasteiger partial charge in [-0.1, -0.05) is 5.92 Å². The molecule has 0 aliphatic carbocycles. The van der Waals surface area contributed by atoms with E-state index in [1.165, 1.54) is 0 Å². The fourth-order valence-corrected chi connectivity index (χ4v) is 0.934. The van der Waals surface area contributed by atoms with E-state index in [4.69, 9.17) is 23.7 Å². The second-order valence-electron chi connectivity index (χ2n) is 2.81. The lowest BCUT2D eigenvalue weighted by atomic mass is 10.2. The van der Waals surface area contributed by atoms with Crippen molar-refractivity contribution in [1.29, 1.82) is 0 Å². The minimum absolute atomic E-state index is 0.0551. The molecule has 0 saturated heterocycles. The first-order chi connectivity index (χ1) is 7.02. The van der Waals surface area contributed by atoms with E-state index in [-0.39, 0.29) is 13.0 Å². The van der Waals surface area contributed by atoms with Crippen molar-refractivity contribution in [2.24, 2.45) is 5.73 Å². The maximum Gasteiger partial charge on any atom is 0.323 e. The van der Waals surface area contributed by atoms with Gasteiger partial charge in [-0.2, -0.15) is 0 Å². The molecule has 0 aromatic carbocycles. The van der Waals surface area contributed by atoms with E-state index < -0.39 is 24.5 Å². The zero-order chi connectivity index (χ0) is 11.8. The van der Waals surface area contributed by atoms with E-state index in [1.54, 1.807) is 0 Å². The molecular formula is C10H12N2O3. The Morgan fingerprint density at radius 2 is 2.00 bits per heavy atom. The number of carbonyl (C=O) groups is 2. The summed E-state index contributed by atoms with van der Waals surface area (Å²) in [5.74, 6) is 2.72. The Morgan fingerprint density at radius 3 is 2.40 bits per heavy atom. The van der Waals surface area contributed by atoms with Gasteiger partial charge in [-0.15, -0.1) is 18.8 Å². The van der Waals surface area contributed by atoms with Crippen LogP contribution in [0, 0.1) is 24.7 Å². The molecule has 80 valence electrons. The number of carbonyl (C=O) groups excluding carboxylic acids is 1. The number of aliphatic carboxylic acids is 1. The molecule has 0 heterocycles. The molecule has 15 heavy (non-hydrogen) atoms. The molecule has 0 aromatic heterocycles. The maximum absolute atomic E-state index is 11.5. The van der Waals surface area contributed by atoms with Crippen molar-refractivity contribution in [2.75, 3.05) is 13.1 Å². The number of rotatable bonds is 5. The highest BCUT2D eigenvalue weighted by Gasteiger charge is 2.21. The molecule has 1 unspecified atom stereocenters. The van der Waals surface area contributed by atoms with Gasteiger partial charge in [-0.25, -0.2) is 0 Å². The largest absolute Gasteiger partial charge is 0.480 e. The summed E-state index contributed by atoms with van der Waals surface area (Å²) >= 11 is 0. The summed E-state index contributed by atoms with van der Waals surface area (Å²) in [6.07, 6.45) is 10.0. The Morgan fingerprint density at radius 1 is 1.40 bits per heavy atom. The standard InChI is InChI=1S/C10H12N2O3/c1-3-5-8(11)10(15)12(6-4-2)7-9(13)14/h1-2,8H,5-7,11H2,(H,13,14). The van der Waals surface area contributed by atoms with Gasteiger partial charge in [0.05, 0.1) is 12.6 Å². The number of carboxylic acids is 1. The smallest absolute Gasteiger partial charge is 0.323 e. The van der Waals surface area contributed by atoms with Crippen molar-refractivity contribution in [1.82, 2.24) is 4.90 Å². The second-order valence-corrected chi connectivity index (χ2v) is 2.81. The van der Waals surface area contributed by atoms with Gasteiger partial charge in [0.15, 0.2) is 0 Å². The van der Waals surface area contributed by atoms with Crippen LogP contribution in [0.2, 0.25) is 0 Å². The van der Waals surface area contributed by atoms with Crippen LogP contribution in [0.5, 0.6) is 0 Å². The van der Waals surface area contributed by atoms with Gasteiger partial charge in [-0.05, 0) is 0 Å². The quantitative estimate of drug-likeness (QED) is 0.561. The Kier molecular flexibility index (Phi) is 5.62. The van der Waals surface area contributed by atoms with Crippen LogP contribution >= 0.6 is 0 Å². The average molecular weight is 208 g/mol. The highest BCUT2D eigenvalue weighted by atomic mass is 16.4. The zero-order valence-corrected chi connectivity index (χ0v) is 8.14. The molecule has 0 aliphatic rings. The summed E-state index contributed by atoms with van der Waals surface area (Å²) in [5, 5.41) is 8.53. The van der Waals surface area contributed by atoms with Crippen molar-refractivity contribution < 1.29 is 14.7 Å². The number of hydrogen-bond acceptors (Lipinski definition) is 3. The van der Waals surface area contributed by atoms with Crippen molar-refractivity contribution in [3.8, 4) is 24.7 Å². The number of nitrogens with two attached hydrogens (primary N) is 1. The van der Waals surface area contributed by atoms with Gasteiger partial charge in [0, 0.05) is 6.42 Å². The lowest BCUT2D eigenvalue weighted by molar-refractivity contribution is -0.144.